The summed E-state index contributed by atoms with van der Waals surface area (Å²) in [5.41, 5.74) is 2.77. The molecule has 0 radical (unpaired) electrons. The number of likely N-dealkylation sites (N-methyl/N-ethyl adjacent to an activating group) is 1. The number of hydrogen-bond donors (Lipinski definition) is 1. The lowest BCUT2D eigenvalue weighted by molar-refractivity contribution is 0.177. The zero-order valence-electron chi connectivity index (χ0n) is 11.1. The van der Waals surface area contributed by atoms with E-state index in [9.17, 15) is 0 Å². The molecule has 3 rings (SSSR count). The molecule has 2 aromatic rings. The van der Waals surface area contributed by atoms with Crippen LogP contribution in [0.25, 0.3) is 0 Å². The van der Waals surface area contributed by atoms with Crippen LogP contribution in [0.2, 0.25) is 0 Å². The Bertz CT molecular complexity index is 498. The Hall–Kier alpha value is -1.32. The molecule has 1 aliphatic heterocycles. The molecule has 0 aliphatic carbocycles. The number of benzene rings is 1. The van der Waals surface area contributed by atoms with Crippen molar-refractivity contribution in [3.8, 4) is 5.75 Å². The molecule has 0 fully saturated rings. The van der Waals surface area contributed by atoms with Gasteiger partial charge >= 0.3 is 0 Å². The second kappa shape index (κ2) is 5.76. The minimum Gasteiger partial charge on any atom is -0.488 e. The average Bonchev–Trinajstić information content (AvgIpc) is 3.08. The maximum Gasteiger partial charge on any atom is 0.123 e. The van der Waals surface area contributed by atoms with Gasteiger partial charge in [-0.1, -0.05) is 18.2 Å². The van der Waals surface area contributed by atoms with Crippen LogP contribution in [0.15, 0.2) is 41.1 Å². The van der Waals surface area contributed by atoms with E-state index in [2.05, 4.69) is 40.3 Å². The molecule has 2 atom stereocenters. The SMILES string of the molecule is CNC(CCc1ccsc1)C1Cc2ccccc2O1. The van der Waals surface area contributed by atoms with E-state index >= 15 is 0 Å². The first-order valence-corrected chi connectivity index (χ1v) is 7.74. The molecular formula is C16H19NOS. The summed E-state index contributed by atoms with van der Waals surface area (Å²) in [4.78, 5) is 0. The van der Waals surface area contributed by atoms with E-state index in [0.29, 0.717) is 6.04 Å². The first-order valence-electron chi connectivity index (χ1n) is 6.79. The lowest BCUT2D eigenvalue weighted by Gasteiger charge is -2.22. The van der Waals surface area contributed by atoms with Crippen molar-refractivity contribution in [1.29, 1.82) is 0 Å². The van der Waals surface area contributed by atoms with Crippen LogP contribution in [-0.4, -0.2) is 19.2 Å². The highest BCUT2D eigenvalue weighted by Gasteiger charge is 2.28. The topological polar surface area (TPSA) is 21.3 Å². The number of aryl methyl sites for hydroxylation is 1. The van der Waals surface area contributed by atoms with E-state index in [1.165, 1.54) is 11.1 Å². The van der Waals surface area contributed by atoms with Crippen molar-refractivity contribution in [3.63, 3.8) is 0 Å². The number of rotatable bonds is 5. The fourth-order valence-electron chi connectivity index (χ4n) is 2.71. The van der Waals surface area contributed by atoms with Gasteiger partial charge in [0, 0.05) is 12.5 Å². The lowest BCUT2D eigenvalue weighted by atomic mass is 9.99. The van der Waals surface area contributed by atoms with Crippen molar-refractivity contribution >= 4 is 11.3 Å². The van der Waals surface area contributed by atoms with Gasteiger partial charge < -0.3 is 10.1 Å². The van der Waals surface area contributed by atoms with Gasteiger partial charge in [-0.25, -0.2) is 0 Å². The molecule has 0 saturated heterocycles. The number of para-hydroxylation sites is 1. The Morgan fingerprint density at radius 3 is 3.00 bits per heavy atom. The quantitative estimate of drug-likeness (QED) is 0.902. The van der Waals surface area contributed by atoms with Crippen LogP contribution in [0.3, 0.4) is 0 Å². The first-order chi connectivity index (χ1) is 9.36. The minimum absolute atomic E-state index is 0.265. The van der Waals surface area contributed by atoms with Crippen molar-refractivity contribution in [2.24, 2.45) is 0 Å². The molecule has 1 N–H and O–H groups in total. The maximum absolute atomic E-state index is 6.07. The molecule has 2 heterocycles. The van der Waals surface area contributed by atoms with Crippen LogP contribution >= 0.6 is 11.3 Å². The van der Waals surface area contributed by atoms with Gasteiger partial charge in [-0.2, -0.15) is 11.3 Å². The third-order valence-electron chi connectivity index (χ3n) is 3.82. The van der Waals surface area contributed by atoms with Crippen molar-refractivity contribution in [2.45, 2.75) is 31.4 Å². The molecule has 1 aliphatic rings. The molecule has 1 aromatic carbocycles. The van der Waals surface area contributed by atoms with Crippen LogP contribution in [0, 0.1) is 0 Å². The summed E-state index contributed by atoms with van der Waals surface area (Å²) in [5.74, 6) is 1.06. The minimum atomic E-state index is 0.265. The normalized spacial score (nSPS) is 18.9. The summed E-state index contributed by atoms with van der Waals surface area (Å²) in [6.45, 7) is 0. The molecule has 100 valence electrons. The Morgan fingerprint density at radius 1 is 1.37 bits per heavy atom. The van der Waals surface area contributed by atoms with Gasteiger partial charge in [-0.05, 0) is 53.9 Å². The summed E-state index contributed by atoms with van der Waals surface area (Å²) >= 11 is 1.77. The third-order valence-corrected chi connectivity index (χ3v) is 4.55. The summed E-state index contributed by atoms with van der Waals surface area (Å²) in [6.07, 6.45) is 3.52. The van der Waals surface area contributed by atoms with Crippen molar-refractivity contribution < 1.29 is 4.74 Å². The predicted octanol–water partition coefficient (Wildman–Crippen LogP) is 3.27. The monoisotopic (exact) mass is 273 g/mol. The van der Waals surface area contributed by atoms with E-state index in [-0.39, 0.29) is 6.10 Å². The number of ether oxygens (including phenoxy) is 1. The highest BCUT2D eigenvalue weighted by atomic mass is 32.1. The van der Waals surface area contributed by atoms with E-state index in [1.807, 2.05) is 13.1 Å². The molecule has 2 unspecified atom stereocenters. The molecule has 3 heteroatoms. The number of hydrogen-bond acceptors (Lipinski definition) is 3. The first kappa shape index (κ1) is 12.7. The highest BCUT2D eigenvalue weighted by molar-refractivity contribution is 7.07. The van der Waals surface area contributed by atoms with Gasteiger partial charge in [0.25, 0.3) is 0 Å². The standard InChI is InChI=1S/C16H19NOS/c1-17-14(7-6-12-8-9-19-11-12)16-10-13-4-2-3-5-15(13)18-16/h2-5,8-9,11,14,16-17H,6-7,10H2,1H3. The summed E-state index contributed by atoms with van der Waals surface area (Å²) in [6, 6.07) is 11.0. The Kier molecular flexibility index (Phi) is 3.85. The Balaban J connectivity index is 1.61. The second-order valence-electron chi connectivity index (χ2n) is 5.03. The fraction of sp³-hybridized carbons (Fsp3) is 0.375. The third kappa shape index (κ3) is 2.82. The summed E-state index contributed by atoms with van der Waals surface area (Å²) < 4.78 is 6.07. The molecular weight excluding hydrogens is 254 g/mol. The predicted molar refractivity (Wildman–Crippen MR) is 80.0 cm³/mol. The van der Waals surface area contributed by atoms with Crippen LogP contribution in [-0.2, 0) is 12.8 Å². The van der Waals surface area contributed by atoms with E-state index in [0.717, 1.165) is 25.0 Å². The van der Waals surface area contributed by atoms with E-state index < -0.39 is 0 Å². The highest BCUT2D eigenvalue weighted by Crippen LogP contribution is 2.30. The molecule has 0 spiro atoms. The fourth-order valence-corrected chi connectivity index (χ4v) is 3.41. The number of nitrogens with one attached hydrogen (secondary N) is 1. The van der Waals surface area contributed by atoms with Crippen molar-refractivity contribution in [1.82, 2.24) is 5.32 Å². The van der Waals surface area contributed by atoms with Gasteiger partial charge in [0.1, 0.15) is 11.9 Å². The zero-order valence-corrected chi connectivity index (χ0v) is 12.0. The molecule has 0 bridgehead atoms. The molecule has 19 heavy (non-hydrogen) atoms. The second-order valence-corrected chi connectivity index (χ2v) is 5.81. The zero-order chi connectivity index (χ0) is 13.1. The molecule has 0 saturated carbocycles. The van der Waals surface area contributed by atoms with Crippen molar-refractivity contribution in [3.05, 3.63) is 52.2 Å². The summed E-state index contributed by atoms with van der Waals surface area (Å²) in [7, 11) is 2.03. The van der Waals surface area contributed by atoms with Gasteiger partial charge in [-0.3, -0.25) is 0 Å². The largest absolute Gasteiger partial charge is 0.488 e. The van der Waals surface area contributed by atoms with Gasteiger partial charge in [0.05, 0.1) is 0 Å². The van der Waals surface area contributed by atoms with Crippen LogP contribution in [0.1, 0.15) is 17.5 Å². The Morgan fingerprint density at radius 2 is 2.26 bits per heavy atom. The molecule has 1 aromatic heterocycles. The average molecular weight is 273 g/mol. The van der Waals surface area contributed by atoms with Gasteiger partial charge in [-0.15, -0.1) is 0 Å². The maximum atomic E-state index is 6.07. The van der Waals surface area contributed by atoms with E-state index in [4.69, 9.17) is 4.74 Å². The van der Waals surface area contributed by atoms with Gasteiger partial charge in [0.15, 0.2) is 0 Å². The van der Waals surface area contributed by atoms with Crippen LogP contribution in [0.4, 0.5) is 0 Å². The van der Waals surface area contributed by atoms with Gasteiger partial charge in [0.2, 0.25) is 0 Å². The number of thiophene rings is 1. The van der Waals surface area contributed by atoms with Crippen LogP contribution < -0.4 is 10.1 Å². The molecule has 0 amide bonds. The lowest BCUT2D eigenvalue weighted by Crippen LogP contribution is -2.40. The number of fused-ring (bicyclic) bond motifs is 1. The smallest absolute Gasteiger partial charge is 0.123 e. The van der Waals surface area contributed by atoms with Crippen molar-refractivity contribution in [2.75, 3.05) is 7.05 Å². The van der Waals surface area contributed by atoms with E-state index in [1.54, 1.807) is 11.3 Å². The Labute approximate surface area is 118 Å². The molecule has 2 nitrogen and oxygen atoms in total. The summed E-state index contributed by atoms with van der Waals surface area (Å²) in [5, 5.41) is 7.80. The van der Waals surface area contributed by atoms with Crippen LogP contribution in [0.5, 0.6) is 5.75 Å².